The minimum atomic E-state index is -0.202. The van der Waals surface area contributed by atoms with Crippen molar-refractivity contribution in [1.29, 1.82) is 5.26 Å². The SMILES string of the molecule is N#Cc1cccc(-c2nc3[nH]ccc(=O)c3nc2-c2ccc3ncccc3c2)c1. The van der Waals surface area contributed by atoms with Gasteiger partial charge in [0.05, 0.1) is 28.5 Å². The first kappa shape index (κ1) is 16.8. The summed E-state index contributed by atoms with van der Waals surface area (Å²) in [5.41, 5.74) is 4.62. The van der Waals surface area contributed by atoms with Gasteiger partial charge in [0.15, 0.2) is 11.2 Å². The van der Waals surface area contributed by atoms with Gasteiger partial charge < -0.3 is 4.98 Å². The minimum Gasteiger partial charge on any atom is -0.345 e. The molecule has 5 aromatic rings. The molecule has 1 N–H and O–H groups in total. The van der Waals surface area contributed by atoms with Crippen molar-refractivity contribution in [2.24, 2.45) is 0 Å². The second-order valence-electron chi connectivity index (χ2n) is 6.56. The van der Waals surface area contributed by atoms with E-state index < -0.39 is 0 Å². The average Bonchev–Trinajstić information content (AvgIpc) is 2.78. The average molecular weight is 375 g/mol. The second-order valence-corrected chi connectivity index (χ2v) is 6.56. The van der Waals surface area contributed by atoms with Gasteiger partial charge in [-0.1, -0.05) is 24.3 Å². The van der Waals surface area contributed by atoms with Gasteiger partial charge in [0.2, 0.25) is 5.43 Å². The molecule has 0 unspecified atom stereocenters. The molecule has 3 heterocycles. The van der Waals surface area contributed by atoms with Gasteiger partial charge in [0.25, 0.3) is 0 Å². The molecule has 0 aliphatic carbocycles. The fraction of sp³-hybridized carbons (Fsp3) is 0. The predicted octanol–water partition coefficient (Wildman–Crippen LogP) is 4.07. The number of rotatable bonds is 2. The van der Waals surface area contributed by atoms with E-state index >= 15 is 0 Å². The number of hydrogen-bond donors (Lipinski definition) is 1. The Morgan fingerprint density at radius 2 is 1.76 bits per heavy atom. The van der Waals surface area contributed by atoms with E-state index in [4.69, 9.17) is 4.98 Å². The van der Waals surface area contributed by atoms with Crippen LogP contribution in [0, 0.1) is 11.3 Å². The van der Waals surface area contributed by atoms with Crippen LogP contribution in [0.3, 0.4) is 0 Å². The van der Waals surface area contributed by atoms with Gasteiger partial charge in [-0.3, -0.25) is 9.78 Å². The van der Waals surface area contributed by atoms with Gasteiger partial charge in [-0.15, -0.1) is 0 Å². The van der Waals surface area contributed by atoms with E-state index in [1.165, 1.54) is 6.07 Å². The van der Waals surface area contributed by atoms with Gasteiger partial charge in [-0.25, -0.2) is 9.97 Å². The van der Waals surface area contributed by atoms with Crippen LogP contribution in [-0.4, -0.2) is 19.9 Å². The van der Waals surface area contributed by atoms with Gasteiger partial charge in [0, 0.05) is 35.0 Å². The molecule has 0 atom stereocenters. The predicted molar refractivity (Wildman–Crippen MR) is 111 cm³/mol. The lowest BCUT2D eigenvalue weighted by Crippen LogP contribution is -2.06. The number of nitrogens with one attached hydrogen (secondary N) is 1. The summed E-state index contributed by atoms with van der Waals surface area (Å²) in [6, 6.07) is 20.4. The van der Waals surface area contributed by atoms with Crippen LogP contribution in [0.1, 0.15) is 5.56 Å². The summed E-state index contributed by atoms with van der Waals surface area (Å²) in [4.78, 5) is 29.1. The fourth-order valence-electron chi connectivity index (χ4n) is 3.34. The number of pyridine rings is 2. The summed E-state index contributed by atoms with van der Waals surface area (Å²) < 4.78 is 0. The Kier molecular flexibility index (Phi) is 3.85. The quantitative estimate of drug-likeness (QED) is 0.502. The molecule has 29 heavy (non-hydrogen) atoms. The van der Waals surface area contributed by atoms with Crippen molar-refractivity contribution in [3.63, 3.8) is 0 Å². The maximum absolute atomic E-state index is 12.3. The molecule has 0 aliphatic heterocycles. The lowest BCUT2D eigenvalue weighted by molar-refractivity contribution is 1.21. The number of aromatic nitrogens is 4. The Morgan fingerprint density at radius 3 is 2.66 bits per heavy atom. The van der Waals surface area contributed by atoms with Gasteiger partial charge in [-0.2, -0.15) is 5.26 Å². The topological polar surface area (TPSA) is 95.3 Å². The van der Waals surface area contributed by atoms with Crippen LogP contribution < -0.4 is 5.43 Å². The highest BCUT2D eigenvalue weighted by Gasteiger charge is 2.15. The molecule has 6 nitrogen and oxygen atoms in total. The number of nitriles is 1. The van der Waals surface area contributed by atoms with E-state index in [1.54, 1.807) is 24.5 Å². The highest BCUT2D eigenvalue weighted by molar-refractivity contribution is 5.89. The maximum Gasteiger partial charge on any atom is 0.209 e. The normalized spacial score (nSPS) is 10.9. The van der Waals surface area contributed by atoms with Crippen molar-refractivity contribution >= 4 is 22.1 Å². The van der Waals surface area contributed by atoms with Gasteiger partial charge in [-0.05, 0) is 30.3 Å². The summed E-state index contributed by atoms with van der Waals surface area (Å²) in [5.74, 6) is 0. The number of benzene rings is 2. The van der Waals surface area contributed by atoms with Crippen molar-refractivity contribution < 1.29 is 0 Å². The smallest absolute Gasteiger partial charge is 0.209 e. The van der Waals surface area contributed by atoms with Crippen LogP contribution in [0.25, 0.3) is 44.6 Å². The summed E-state index contributed by atoms with van der Waals surface area (Å²) in [6.45, 7) is 0. The number of H-pyrrole nitrogens is 1. The van der Waals surface area contributed by atoms with E-state index in [0.717, 1.165) is 22.0 Å². The van der Waals surface area contributed by atoms with Crippen molar-refractivity contribution in [3.05, 3.63) is 88.8 Å². The highest BCUT2D eigenvalue weighted by atomic mass is 16.1. The van der Waals surface area contributed by atoms with Gasteiger partial charge >= 0.3 is 0 Å². The Morgan fingerprint density at radius 1 is 0.897 bits per heavy atom. The summed E-state index contributed by atoms with van der Waals surface area (Å²) >= 11 is 0. The van der Waals surface area contributed by atoms with Crippen LogP contribution >= 0.6 is 0 Å². The molecule has 0 saturated heterocycles. The molecular weight excluding hydrogens is 362 g/mol. The molecule has 2 aromatic carbocycles. The zero-order valence-electron chi connectivity index (χ0n) is 15.1. The Hall–Kier alpha value is -4.37. The molecule has 0 fully saturated rings. The molecule has 0 spiro atoms. The molecule has 0 amide bonds. The van der Waals surface area contributed by atoms with Crippen molar-refractivity contribution in [3.8, 4) is 28.6 Å². The van der Waals surface area contributed by atoms with Gasteiger partial charge in [0.1, 0.15) is 0 Å². The first-order valence-corrected chi connectivity index (χ1v) is 8.98. The molecular formula is C23H13N5O. The molecule has 0 radical (unpaired) electrons. The molecule has 136 valence electrons. The number of nitrogens with zero attached hydrogens (tertiary/aromatic N) is 4. The van der Waals surface area contributed by atoms with E-state index in [-0.39, 0.29) is 10.9 Å². The first-order valence-electron chi connectivity index (χ1n) is 8.98. The minimum absolute atomic E-state index is 0.202. The van der Waals surface area contributed by atoms with E-state index in [1.807, 2.05) is 42.5 Å². The number of aromatic amines is 1. The summed E-state index contributed by atoms with van der Waals surface area (Å²) in [7, 11) is 0. The maximum atomic E-state index is 12.3. The van der Waals surface area contributed by atoms with Crippen LogP contribution in [-0.2, 0) is 0 Å². The molecule has 3 aromatic heterocycles. The number of fused-ring (bicyclic) bond motifs is 2. The molecule has 5 rings (SSSR count). The van der Waals surface area contributed by atoms with Crippen LogP contribution in [0.4, 0.5) is 0 Å². The first-order chi connectivity index (χ1) is 14.2. The van der Waals surface area contributed by atoms with E-state index in [2.05, 4.69) is 21.0 Å². The highest BCUT2D eigenvalue weighted by Crippen LogP contribution is 2.31. The van der Waals surface area contributed by atoms with E-state index in [0.29, 0.717) is 22.6 Å². The van der Waals surface area contributed by atoms with Crippen molar-refractivity contribution in [2.45, 2.75) is 0 Å². The summed E-state index contributed by atoms with van der Waals surface area (Å²) in [5, 5.41) is 10.2. The third-order valence-electron chi connectivity index (χ3n) is 4.73. The Bertz CT molecular complexity index is 1500. The lowest BCUT2D eigenvalue weighted by Gasteiger charge is -2.11. The lowest BCUT2D eigenvalue weighted by atomic mass is 10.0. The third kappa shape index (κ3) is 2.91. The molecule has 0 saturated carbocycles. The zero-order chi connectivity index (χ0) is 19.8. The van der Waals surface area contributed by atoms with Crippen molar-refractivity contribution in [1.82, 2.24) is 19.9 Å². The number of hydrogen-bond acceptors (Lipinski definition) is 5. The van der Waals surface area contributed by atoms with Crippen LogP contribution in [0.5, 0.6) is 0 Å². The standard InChI is InChI=1S/C23H13N5O/c24-13-14-3-1-4-16(11-14)21-20(27-22-19(29)8-10-26-23(22)28-21)17-6-7-18-15(12-17)5-2-9-25-18/h1-12H,(H,26,28,29). The Balaban J connectivity index is 1.85. The fourth-order valence-corrected chi connectivity index (χ4v) is 3.34. The Labute approximate surface area is 165 Å². The molecule has 0 bridgehead atoms. The zero-order valence-corrected chi connectivity index (χ0v) is 15.1. The second kappa shape index (κ2) is 6.66. The molecule has 6 heteroatoms. The largest absolute Gasteiger partial charge is 0.345 e. The summed E-state index contributed by atoms with van der Waals surface area (Å²) in [6.07, 6.45) is 3.30. The van der Waals surface area contributed by atoms with Crippen LogP contribution in [0.2, 0.25) is 0 Å². The van der Waals surface area contributed by atoms with Crippen LogP contribution in [0.15, 0.2) is 77.9 Å². The van der Waals surface area contributed by atoms with Crippen molar-refractivity contribution in [2.75, 3.05) is 0 Å². The van der Waals surface area contributed by atoms with E-state index in [9.17, 15) is 10.1 Å². The third-order valence-corrected chi connectivity index (χ3v) is 4.73. The molecule has 0 aliphatic rings. The monoisotopic (exact) mass is 375 g/mol.